The van der Waals surface area contributed by atoms with Gasteiger partial charge in [0.05, 0.1) is 6.20 Å². The van der Waals surface area contributed by atoms with E-state index in [1.165, 1.54) is 43.7 Å². The molecule has 4 aliphatic rings. The van der Waals surface area contributed by atoms with E-state index >= 15 is 0 Å². The molecule has 4 N–H and O–H groups in total. The average Bonchev–Trinajstić information content (AvgIpc) is 2.79. The van der Waals surface area contributed by atoms with Crippen LogP contribution < -0.4 is 21.1 Å². The van der Waals surface area contributed by atoms with E-state index in [0.29, 0.717) is 34.8 Å². The van der Waals surface area contributed by atoms with Gasteiger partial charge in [-0.2, -0.15) is 10.2 Å². The molecule has 0 aliphatic heterocycles. The lowest BCUT2D eigenvalue weighted by Gasteiger charge is -2.59. The fourth-order valence-electron chi connectivity index (χ4n) is 6.45. The maximum atomic E-state index is 12.7. The highest BCUT2D eigenvalue weighted by atomic mass is 19.4. The number of nitrogens with one attached hydrogen (secondary N) is 2. The number of para-hydroxylation sites is 1. The molecule has 4 bridgehead atoms. The van der Waals surface area contributed by atoms with Crippen LogP contribution in [0.5, 0.6) is 5.75 Å². The van der Waals surface area contributed by atoms with E-state index in [4.69, 9.17) is 5.73 Å². The molecule has 10 heteroatoms. The van der Waals surface area contributed by atoms with Crippen molar-refractivity contribution in [2.45, 2.75) is 51.1 Å². The molecule has 1 heterocycles. The van der Waals surface area contributed by atoms with Crippen LogP contribution in [0.1, 0.15) is 43.2 Å². The van der Waals surface area contributed by atoms with Crippen molar-refractivity contribution in [3.8, 4) is 11.8 Å². The zero-order valence-corrected chi connectivity index (χ0v) is 18.6. The Bertz CT molecular complexity index is 1080. The Hall–Kier alpha value is -3.06. The molecular formula is C24H27F3N6O. The monoisotopic (exact) mass is 472 g/mol. The first-order valence-corrected chi connectivity index (χ1v) is 11.6. The standard InChI is InChI=1S/C24H27F3N6O/c25-24(26,27)34-19-4-2-1-3-15(19)11-30-22-31-12-18(10-28)21(33-22)32-13-23-7-14-5-16(8-23)20(29)17(6-14)9-23/h1-4,12,14,16-17,20H,5-9,11,13,29H2,(H2,30,31,32,33)/t14?,16-,17+,20-,23-. The van der Waals surface area contributed by atoms with Crippen LogP contribution in [-0.4, -0.2) is 28.9 Å². The molecule has 0 spiro atoms. The lowest BCUT2D eigenvalue weighted by Crippen LogP contribution is -2.58. The van der Waals surface area contributed by atoms with E-state index in [1.807, 2.05) is 0 Å². The minimum Gasteiger partial charge on any atom is -0.405 e. The Balaban J connectivity index is 1.28. The van der Waals surface area contributed by atoms with Gasteiger partial charge in [0, 0.05) is 24.7 Å². The summed E-state index contributed by atoms with van der Waals surface area (Å²) in [5, 5.41) is 15.9. The van der Waals surface area contributed by atoms with Crippen molar-refractivity contribution in [1.82, 2.24) is 9.97 Å². The zero-order valence-electron chi connectivity index (χ0n) is 18.6. The van der Waals surface area contributed by atoms with Gasteiger partial charge < -0.3 is 21.1 Å². The van der Waals surface area contributed by atoms with Gasteiger partial charge in [0.1, 0.15) is 23.2 Å². The van der Waals surface area contributed by atoms with E-state index in [1.54, 1.807) is 6.07 Å². The largest absolute Gasteiger partial charge is 0.573 e. The maximum Gasteiger partial charge on any atom is 0.573 e. The van der Waals surface area contributed by atoms with E-state index < -0.39 is 6.36 Å². The quantitative estimate of drug-likeness (QED) is 0.547. The van der Waals surface area contributed by atoms with Gasteiger partial charge in [-0.1, -0.05) is 18.2 Å². The van der Waals surface area contributed by atoms with Gasteiger partial charge in [-0.05, 0) is 61.3 Å². The zero-order chi connectivity index (χ0) is 23.9. The number of rotatable bonds is 7. The lowest BCUT2D eigenvalue weighted by atomic mass is 9.48. The number of aromatic nitrogens is 2. The Morgan fingerprint density at radius 2 is 1.88 bits per heavy atom. The summed E-state index contributed by atoms with van der Waals surface area (Å²) < 4.78 is 42.1. The number of halogens is 3. The van der Waals surface area contributed by atoms with E-state index in [2.05, 4.69) is 31.4 Å². The molecule has 5 atom stereocenters. The predicted octanol–water partition coefficient (Wildman–Crippen LogP) is 4.42. The molecule has 6 rings (SSSR count). The van der Waals surface area contributed by atoms with Crippen LogP contribution in [0.25, 0.3) is 0 Å². The van der Waals surface area contributed by atoms with E-state index in [9.17, 15) is 18.4 Å². The predicted molar refractivity (Wildman–Crippen MR) is 120 cm³/mol. The van der Waals surface area contributed by atoms with E-state index in [0.717, 1.165) is 25.3 Å². The van der Waals surface area contributed by atoms with Crippen molar-refractivity contribution >= 4 is 11.8 Å². The number of hydrogen-bond acceptors (Lipinski definition) is 7. The van der Waals surface area contributed by atoms with Gasteiger partial charge in [-0.3, -0.25) is 0 Å². The molecule has 0 amide bonds. The number of benzene rings is 1. The first-order valence-electron chi connectivity index (χ1n) is 11.6. The maximum absolute atomic E-state index is 12.7. The van der Waals surface area contributed by atoms with Crippen molar-refractivity contribution in [2.24, 2.45) is 28.9 Å². The van der Waals surface area contributed by atoms with Gasteiger partial charge in [-0.15, -0.1) is 13.2 Å². The molecule has 4 saturated carbocycles. The van der Waals surface area contributed by atoms with Crippen LogP contribution in [0.15, 0.2) is 30.5 Å². The van der Waals surface area contributed by atoms with Crippen molar-refractivity contribution in [3.63, 3.8) is 0 Å². The van der Waals surface area contributed by atoms with Crippen LogP contribution in [-0.2, 0) is 6.54 Å². The topological polar surface area (TPSA) is 109 Å². The molecule has 1 unspecified atom stereocenters. The fourth-order valence-corrected chi connectivity index (χ4v) is 6.45. The highest BCUT2D eigenvalue weighted by molar-refractivity contribution is 5.53. The Kier molecular flexibility index (Phi) is 5.76. The molecule has 34 heavy (non-hydrogen) atoms. The summed E-state index contributed by atoms with van der Waals surface area (Å²) in [6.07, 6.45) is 2.47. The third kappa shape index (κ3) is 4.62. The number of hydrogen-bond donors (Lipinski definition) is 3. The Labute approximate surface area is 195 Å². The molecule has 7 nitrogen and oxygen atoms in total. The number of alkyl halides is 3. The molecule has 0 radical (unpaired) electrons. The van der Waals surface area contributed by atoms with Crippen molar-refractivity contribution in [2.75, 3.05) is 17.2 Å². The summed E-state index contributed by atoms with van der Waals surface area (Å²) in [5.41, 5.74) is 7.27. The minimum absolute atomic E-state index is 0.0322. The molecule has 0 saturated heterocycles. The van der Waals surface area contributed by atoms with Crippen molar-refractivity contribution < 1.29 is 17.9 Å². The molecule has 4 fully saturated rings. The molecule has 2 aromatic rings. The normalized spacial score (nSPS) is 29.5. The smallest absolute Gasteiger partial charge is 0.405 e. The van der Waals surface area contributed by atoms with Crippen LogP contribution in [0, 0.1) is 34.5 Å². The molecule has 1 aromatic heterocycles. The summed E-state index contributed by atoms with van der Waals surface area (Å²) in [7, 11) is 0. The average molecular weight is 473 g/mol. The van der Waals surface area contributed by atoms with Gasteiger partial charge in [0.2, 0.25) is 5.95 Å². The summed E-state index contributed by atoms with van der Waals surface area (Å²) in [4.78, 5) is 8.60. The number of nitrogens with zero attached hydrogens (tertiary/aromatic N) is 3. The van der Waals surface area contributed by atoms with Gasteiger partial charge in [0.25, 0.3) is 0 Å². The van der Waals surface area contributed by atoms with Crippen molar-refractivity contribution in [1.29, 1.82) is 5.26 Å². The second-order valence-corrected chi connectivity index (χ2v) is 9.98. The first-order chi connectivity index (χ1) is 16.2. The second kappa shape index (κ2) is 8.62. The van der Waals surface area contributed by atoms with Crippen LogP contribution in [0.2, 0.25) is 0 Å². The lowest BCUT2D eigenvalue weighted by molar-refractivity contribution is -0.274. The minimum atomic E-state index is -4.78. The summed E-state index contributed by atoms with van der Waals surface area (Å²) >= 11 is 0. The van der Waals surface area contributed by atoms with Crippen LogP contribution in [0.4, 0.5) is 24.9 Å². The molecular weight excluding hydrogens is 445 g/mol. The van der Waals surface area contributed by atoms with Crippen LogP contribution >= 0.6 is 0 Å². The third-order valence-electron chi connectivity index (χ3n) is 7.65. The van der Waals surface area contributed by atoms with Gasteiger partial charge in [0.15, 0.2) is 0 Å². The second-order valence-electron chi connectivity index (χ2n) is 9.98. The number of nitriles is 1. The highest BCUT2D eigenvalue weighted by Gasteiger charge is 2.54. The number of anilines is 2. The summed E-state index contributed by atoms with van der Waals surface area (Å²) in [6, 6.07) is 8.32. The van der Waals surface area contributed by atoms with Crippen LogP contribution in [0.3, 0.4) is 0 Å². The summed E-state index contributed by atoms with van der Waals surface area (Å²) in [6.45, 7) is 0.751. The van der Waals surface area contributed by atoms with Gasteiger partial charge >= 0.3 is 6.36 Å². The molecule has 4 aliphatic carbocycles. The molecule has 180 valence electrons. The Morgan fingerprint density at radius 3 is 2.59 bits per heavy atom. The number of nitrogens with two attached hydrogens (primary N) is 1. The van der Waals surface area contributed by atoms with Crippen molar-refractivity contribution in [3.05, 3.63) is 41.6 Å². The molecule has 1 aromatic carbocycles. The van der Waals surface area contributed by atoms with E-state index in [-0.39, 0.29) is 23.7 Å². The Morgan fingerprint density at radius 1 is 1.15 bits per heavy atom. The summed E-state index contributed by atoms with van der Waals surface area (Å²) in [5.74, 6) is 2.25. The number of ether oxygens (including phenoxy) is 1. The SMILES string of the molecule is N#Cc1cnc(NCc2ccccc2OC(F)(F)F)nc1NC[C@]12CC3C[C@H](C1)[C@@H](N)[C@@H](C3)C2. The third-order valence-corrected chi connectivity index (χ3v) is 7.65. The first kappa shape index (κ1) is 22.7. The highest BCUT2D eigenvalue weighted by Crippen LogP contribution is 2.59. The fraction of sp³-hybridized carbons (Fsp3) is 0.542. The van der Waals surface area contributed by atoms with Gasteiger partial charge in [-0.25, -0.2) is 4.98 Å².